The number of aromatic nitrogens is 2. The lowest BCUT2D eigenvalue weighted by molar-refractivity contribution is 0.414. The van der Waals surface area contributed by atoms with E-state index in [1.807, 2.05) is 23.9 Å². The van der Waals surface area contributed by atoms with Crippen LogP contribution in [0.15, 0.2) is 30.5 Å². The third-order valence-electron chi connectivity index (χ3n) is 3.67. The lowest BCUT2D eigenvalue weighted by Gasteiger charge is -2.18. The first-order valence-corrected chi connectivity index (χ1v) is 7.56. The van der Waals surface area contributed by atoms with Crippen LogP contribution in [0.4, 0.5) is 0 Å². The highest BCUT2D eigenvalue weighted by Crippen LogP contribution is 2.23. The van der Waals surface area contributed by atoms with Gasteiger partial charge in [-0.2, -0.15) is 5.10 Å². The van der Waals surface area contributed by atoms with Crippen LogP contribution < -0.4 is 10.1 Å². The SMILES string of the molecule is CCNC(Cc1cccc(OC)c1)c1cn(C)nc1CC. The van der Waals surface area contributed by atoms with Gasteiger partial charge in [0.15, 0.2) is 0 Å². The molecule has 1 atom stereocenters. The number of nitrogens with zero attached hydrogens (tertiary/aromatic N) is 2. The summed E-state index contributed by atoms with van der Waals surface area (Å²) in [6.07, 6.45) is 4.02. The molecule has 2 aromatic rings. The van der Waals surface area contributed by atoms with Gasteiger partial charge in [-0.1, -0.05) is 26.0 Å². The van der Waals surface area contributed by atoms with Crippen molar-refractivity contribution in [3.63, 3.8) is 0 Å². The quantitative estimate of drug-likeness (QED) is 0.851. The number of benzene rings is 1. The van der Waals surface area contributed by atoms with Gasteiger partial charge < -0.3 is 10.1 Å². The number of ether oxygens (including phenoxy) is 1. The monoisotopic (exact) mass is 287 g/mol. The fraction of sp³-hybridized carbons (Fsp3) is 0.471. The maximum atomic E-state index is 5.31. The minimum atomic E-state index is 0.283. The molecule has 1 unspecified atom stereocenters. The third kappa shape index (κ3) is 3.85. The molecule has 114 valence electrons. The highest BCUT2D eigenvalue weighted by molar-refractivity contribution is 5.31. The van der Waals surface area contributed by atoms with E-state index in [4.69, 9.17) is 4.74 Å². The standard InChI is InChI=1S/C17H25N3O/c1-5-16-15(12-20(3)19-16)17(18-6-2)11-13-8-7-9-14(10-13)21-4/h7-10,12,17-18H,5-6,11H2,1-4H3. The van der Waals surface area contributed by atoms with Gasteiger partial charge in [0, 0.05) is 24.8 Å². The van der Waals surface area contributed by atoms with Gasteiger partial charge in [0.05, 0.1) is 12.8 Å². The first kappa shape index (κ1) is 15.6. The molecule has 0 fully saturated rings. The largest absolute Gasteiger partial charge is 0.497 e. The molecule has 0 spiro atoms. The van der Waals surface area contributed by atoms with Gasteiger partial charge in [-0.3, -0.25) is 4.68 Å². The van der Waals surface area contributed by atoms with Gasteiger partial charge in [-0.25, -0.2) is 0 Å². The fourth-order valence-corrected chi connectivity index (χ4v) is 2.69. The number of aryl methyl sites for hydroxylation is 2. The molecule has 0 amide bonds. The molecule has 2 rings (SSSR count). The molecule has 0 saturated carbocycles. The van der Waals surface area contributed by atoms with E-state index in [-0.39, 0.29) is 6.04 Å². The summed E-state index contributed by atoms with van der Waals surface area (Å²) in [4.78, 5) is 0. The van der Waals surface area contributed by atoms with E-state index >= 15 is 0 Å². The van der Waals surface area contributed by atoms with Crippen LogP contribution in [0, 0.1) is 0 Å². The number of likely N-dealkylation sites (N-methyl/N-ethyl adjacent to an activating group) is 1. The Balaban J connectivity index is 2.25. The molecule has 1 aromatic carbocycles. The van der Waals surface area contributed by atoms with E-state index in [2.05, 4.69) is 42.6 Å². The van der Waals surface area contributed by atoms with E-state index in [0.717, 1.165) is 25.1 Å². The van der Waals surface area contributed by atoms with Crippen molar-refractivity contribution in [1.29, 1.82) is 0 Å². The zero-order valence-corrected chi connectivity index (χ0v) is 13.4. The van der Waals surface area contributed by atoms with Crippen LogP contribution >= 0.6 is 0 Å². The van der Waals surface area contributed by atoms with E-state index in [1.165, 1.54) is 16.8 Å². The van der Waals surface area contributed by atoms with Crippen molar-refractivity contribution in [3.05, 3.63) is 47.3 Å². The second-order valence-corrected chi connectivity index (χ2v) is 5.22. The van der Waals surface area contributed by atoms with E-state index < -0.39 is 0 Å². The lowest BCUT2D eigenvalue weighted by Crippen LogP contribution is -2.23. The van der Waals surface area contributed by atoms with Crippen molar-refractivity contribution < 1.29 is 4.74 Å². The summed E-state index contributed by atoms with van der Waals surface area (Å²) in [5.41, 5.74) is 3.74. The van der Waals surface area contributed by atoms with Crippen LogP contribution in [0.2, 0.25) is 0 Å². The van der Waals surface area contributed by atoms with Crippen molar-refractivity contribution in [2.24, 2.45) is 7.05 Å². The number of nitrogens with one attached hydrogen (secondary N) is 1. The number of hydrogen-bond donors (Lipinski definition) is 1. The lowest BCUT2D eigenvalue weighted by atomic mass is 9.98. The van der Waals surface area contributed by atoms with Gasteiger partial charge in [0.25, 0.3) is 0 Å². The Morgan fingerprint density at radius 2 is 2.14 bits per heavy atom. The van der Waals surface area contributed by atoms with Crippen LogP contribution in [0.5, 0.6) is 5.75 Å². The van der Waals surface area contributed by atoms with Gasteiger partial charge in [-0.15, -0.1) is 0 Å². The average Bonchev–Trinajstić information content (AvgIpc) is 2.88. The Morgan fingerprint density at radius 1 is 1.33 bits per heavy atom. The molecule has 21 heavy (non-hydrogen) atoms. The molecule has 1 heterocycles. The average molecular weight is 287 g/mol. The van der Waals surface area contributed by atoms with Crippen LogP contribution in [0.1, 0.15) is 36.7 Å². The maximum absolute atomic E-state index is 5.31. The summed E-state index contributed by atoms with van der Waals surface area (Å²) in [6, 6.07) is 8.56. The molecule has 0 aliphatic carbocycles. The first-order chi connectivity index (χ1) is 10.2. The van der Waals surface area contributed by atoms with Crippen molar-refractivity contribution in [1.82, 2.24) is 15.1 Å². The minimum absolute atomic E-state index is 0.283. The Hall–Kier alpha value is -1.81. The fourth-order valence-electron chi connectivity index (χ4n) is 2.69. The zero-order chi connectivity index (χ0) is 15.2. The van der Waals surface area contributed by atoms with Gasteiger partial charge in [-0.05, 0) is 37.1 Å². The third-order valence-corrected chi connectivity index (χ3v) is 3.67. The number of hydrogen-bond acceptors (Lipinski definition) is 3. The summed E-state index contributed by atoms with van der Waals surface area (Å²) in [5.74, 6) is 0.907. The molecule has 4 nitrogen and oxygen atoms in total. The van der Waals surface area contributed by atoms with Crippen LogP contribution in [-0.2, 0) is 19.9 Å². The molecule has 0 radical (unpaired) electrons. The predicted octanol–water partition coefficient (Wildman–Crippen LogP) is 2.88. The molecule has 1 aromatic heterocycles. The first-order valence-electron chi connectivity index (χ1n) is 7.56. The van der Waals surface area contributed by atoms with Crippen molar-refractivity contribution in [3.8, 4) is 5.75 Å². The summed E-state index contributed by atoms with van der Waals surface area (Å²) < 4.78 is 7.22. The zero-order valence-electron chi connectivity index (χ0n) is 13.4. The highest BCUT2D eigenvalue weighted by atomic mass is 16.5. The molecule has 1 N–H and O–H groups in total. The van der Waals surface area contributed by atoms with E-state index in [1.54, 1.807) is 7.11 Å². The predicted molar refractivity (Wildman–Crippen MR) is 85.7 cm³/mol. The van der Waals surface area contributed by atoms with E-state index in [9.17, 15) is 0 Å². The van der Waals surface area contributed by atoms with E-state index in [0.29, 0.717) is 0 Å². The molecule has 0 aliphatic rings. The van der Waals surface area contributed by atoms with Crippen LogP contribution in [0.25, 0.3) is 0 Å². The van der Waals surface area contributed by atoms with Crippen molar-refractivity contribution in [2.75, 3.05) is 13.7 Å². The Kier molecular flexibility index (Phi) is 5.39. The molecule has 4 heteroatoms. The molecular weight excluding hydrogens is 262 g/mol. The Labute approximate surface area is 127 Å². The second-order valence-electron chi connectivity index (χ2n) is 5.22. The van der Waals surface area contributed by atoms with Crippen LogP contribution in [-0.4, -0.2) is 23.4 Å². The topological polar surface area (TPSA) is 39.1 Å². The van der Waals surface area contributed by atoms with Crippen LogP contribution in [0.3, 0.4) is 0 Å². The number of methoxy groups -OCH3 is 1. The minimum Gasteiger partial charge on any atom is -0.497 e. The summed E-state index contributed by atoms with van der Waals surface area (Å²) in [7, 11) is 3.69. The van der Waals surface area contributed by atoms with Gasteiger partial charge in [0.2, 0.25) is 0 Å². The van der Waals surface area contributed by atoms with Crippen molar-refractivity contribution in [2.45, 2.75) is 32.7 Å². The van der Waals surface area contributed by atoms with Crippen molar-refractivity contribution >= 4 is 0 Å². The summed E-state index contributed by atoms with van der Waals surface area (Å²) in [6.45, 7) is 5.23. The normalized spacial score (nSPS) is 12.4. The summed E-state index contributed by atoms with van der Waals surface area (Å²) >= 11 is 0. The molecule has 0 saturated heterocycles. The highest BCUT2D eigenvalue weighted by Gasteiger charge is 2.17. The smallest absolute Gasteiger partial charge is 0.119 e. The molecule has 0 aliphatic heterocycles. The molecular formula is C17H25N3O. The Bertz CT molecular complexity index is 577. The van der Waals surface area contributed by atoms with Gasteiger partial charge >= 0.3 is 0 Å². The number of rotatable bonds is 7. The Morgan fingerprint density at radius 3 is 2.81 bits per heavy atom. The second kappa shape index (κ2) is 7.27. The molecule has 0 bridgehead atoms. The van der Waals surface area contributed by atoms with Gasteiger partial charge in [0.1, 0.15) is 5.75 Å². The maximum Gasteiger partial charge on any atom is 0.119 e. The summed E-state index contributed by atoms with van der Waals surface area (Å²) in [5, 5.41) is 8.14.